The normalized spacial score (nSPS) is 10.8. The van der Waals surface area contributed by atoms with Crippen molar-refractivity contribution in [2.24, 2.45) is 5.73 Å². The van der Waals surface area contributed by atoms with E-state index in [4.69, 9.17) is 5.73 Å². The van der Waals surface area contributed by atoms with E-state index in [0.29, 0.717) is 6.54 Å². The van der Waals surface area contributed by atoms with Gasteiger partial charge in [-0.05, 0) is 50.6 Å². The van der Waals surface area contributed by atoms with Gasteiger partial charge in [0.2, 0.25) is 0 Å². The van der Waals surface area contributed by atoms with Crippen LogP contribution < -0.4 is 5.73 Å². The van der Waals surface area contributed by atoms with Gasteiger partial charge in [-0.15, -0.1) is 0 Å². The largest absolute Gasteiger partial charge is 0.330 e. The van der Waals surface area contributed by atoms with Crippen molar-refractivity contribution in [3.8, 4) is 5.69 Å². The van der Waals surface area contributed by atoms with Gasteiger partial charge in [-0.1, -0.05) is 22.0 Å². The minimum Gasteiger partial charge on any atom is -0.330 e. The number of aromatic nitrogens is 2. The molecule has 1 aromatic heterocycles. The van der Waals surface area contributed by atoms with Crippen LogP contribution in [0.1, 0.15) is 17.0 Å². The van der Waals surface area contributed by atoms with E-state index in [2.05, 4.69) is 52.2 Å². The summed E-state index contributed by atoms with van der Waals surface area (Å²) in [6.45, 7) is 4.72. The Bertz CT molecular complexity index is 531. The van der Waals surface area contributed by atoms with Crippen LogP contribution in [0.15, 0.2) is 28.7 Å². The highest BCUT2D eigenvalue weighted by atomic mass is 79.9. The molecule has 0 amide bonds. The molecule has 0 fully saturated rings. The second-order valence-corrected chi connectivity index (χ2v) is 5.01. The maximum Gasteiger partial charge on any atom is 0.0660 e. The third kappa shape index (κ3) is 2.58. The van der Waals surface area contributed by atoms with Gasteiger partial charge >= 0.3 is 0 Å². The molecule has 0 saturated heterocycles. The molecule has 0 atom stereocenters. The summed E-state index contributed by atoms with van der Waals surface area (Å²) in [4.78, 5) is 0. The van der Waals surface area contributed by atoms with Crippen LogP contribution >= 0.6 is 15.9 Å². The fourth-order valence-electron chi connectivity index (χ4n) is 1.92. The standard InChI is InChI=1S/C13H16BrN3/c1-9-7-10(2)17(16-9)12-4-3-11(5-6-15)13(14)8-12/h3-4,7-8H,5-6,15H2,1-2H3. The van der Waals surface area contributed by atoms with E-state index >= 15 is 0 Å². The first-order valence-electron chi connectivity index (χ1n) is 5.64. The van der Waals surface area contributed by atoms with E-state index in [-0.39, 0.29) is 0 Å². The lowest BCUT2D eigenvalue weighted by molar-refractivity contribution is 0.831. The quantitative estimate of drug-likeness (QED) is 0.946. The number of rotatable bonds is 3. The molecule has 0 aliphatic rings. The van der Waals surface area contributed by atoms with Gasteiger partial charge in [0.15, 0.2) is 0 Å². The van der Waals surface area contributed by atoms with Crippen LogP contribution in [0.2, 0.25) is 0 Å². The highest BCUT2D eigenvalue weighted by Gasteiger charge is 2.06. The predicted molar refractivity (Wildman–Crippen MR) is 73.5 cm³/mol. The zero-order valence-corrected chi connectivity index (χ0v) is 11.7. The predicted octanol–water partition coefficient (Wildman–Crippen LogP) is 2.75. The van der Waals surface area contributed by atoms with E-state index in [1.165, 1.54) is 5.56 Å². The molecule has 4 heteroatoms. The first-order chi connectivity index (χ1) is 8.11. The molecule has 90 valence electrons. The van der Waals surface area contributed by atoms with Crippen LogP contribution in [0.4, 0.5) is 0 Å². The van der Waals surface area contributed by atoms with E-state index in [0.717, 1.165) is 28.0 Å². The van der Waals surface area contributed by atoms with Gasteiger partial charge in [-0.2, -0.15) is 5.10 Å². The van der Waals surface area contributed by atoms with Crippen LogP contribution in [0, 0.1) is 13.8 Å². The van der Waals surface area contributed by atoms with E-state index in [1.807, 2.05) is 11.6 Å². The van der Waals surface area contributed by atoms with Crippen molar-refractivity contribution in [3.05, 3.63) is 45.7 Å². The molecule has 1 heterocycles. The van der Waals surface area contributed by atoms with Crippen molar-refractivity contribution in [1.82, 2.24) is 9.78 Å². The number of aryl methyl sites for hydroxylation is 2. The Kier molecular flexibility index (Phi) is 3.64. The lowest BCUT2D eigenvalue weighted by Crippen LogP contribution is -2.04. The van der Waals surface area contributed by atoms with Crippen LogP contribution in [0.3, 0.4) is 0 Å². The molecule has 0 radical (unpaired) electrons. The SMILES string of the molecule is Cc1cc(C)n(-c2ccc(CCN)c(Br)c2)n1. The fraction of sp³-hybridized carbons (Fsp3) is 0.308. The summed E-state index contributed by atoms with van der Waals surface area (Å²) in [7, 11) is 0. The number of hydrogen-bond acceptors (Lipinski definition) is 2. The molecule has 2 N–H and O–H groups in total. The number of nitrogens with two attached hydrogens (primary N) is 1. The second kappa shape index (κ2) is 5.02. The van der Waals surface area contributed by atoms with Crippen molar-refractivity contribution in [3.63, 3.8) is 0 Å². The average molecular weight is 294 g/mol. The maximum atomic E-state index is 5.57. The highest BCUT2D eigenvalue weighted by molar-refractivity contribution is 9.10. The van der Waals surface area contributed by atoms with Crippen molar-refractivity contribution < 1.29 is 0 Å². The van der Waals surface area contributed by atoms with E-state index in [9.17, 15) is 0 Å². The Labute approximate surface area is 110 Å². The molecule has 17 heavy (non-hydrogen) atoms. The van der Waals surface area contributed by atoms with E-state index < -0.39 is 0 Å². The van der Waals surface area contributed by atoms with Gasteiger partial charge < -0.3 is 5.73 Å². The minimum absolute atomic E-state index is 0.665. The van der Waals surface area contributed by atoms with Crippen molar-refractivity contribution in [2.75, 3.05) is 6.54 Å². The van der Waals surface area contributed by atoms with Gasteiger partial charge in [0.1, 0.15) is 0 Å². The maximum absolute atomic E-state index is 5.57. The summed E-state index contributed by atoms with van der Waals surface area (Å²) in [5, 5.41) is 4.47. The lowest BCUT2D eigenvalue weighted by atomic mass is 10.1. The highest BCUT2D eigenvalue weighted by Crippen LogP contribution is 2.22. The number of hydrogen-bond donors (Lipinski definition) is 1. The Morgan fingerprint density at radius 1 is 1.29 bits per heavy atom. The summed E-state index contributed by atoms with van der Waals surface area (Å²) >= 11 is 3.58. The molecule has 1 aromatic carbocycles. The summed E-state index contributed by atoms with van der Waals surface area (Å²) in [5.41, 5.74) is 10.0. The number of halogens is 1. The molecule has 0 bridgehead atoms. The lowest BCUT2D eigenvalue weighted by Gasteiger charge is -2.08. The van der Waals surface area contributed by atoms with E-state index in [1.54, 1.807) is 0 Å². The Morgan fingerprint density at radius 3 is 2.59 bits per heavy atom. The zero-order valence-electron chi connectivity index (χ0n) is 10.1. The van der Waals surface area contributed by atoms with Crippen LogP contribution in [0.25, 0.3) is 5.69 Å². The second-order valence-electron chi connectivity index (χ2n) is 4.15. The molecule has 0 aliphatic heterocycles. The number of nitrogens with zero attached hydrogens (tertiary/aromatic N) is 2. The first kappa shape index (κ1) is 12.3. The molecule has 0 aliphatic carbocycles. The van der Waals surface area contributed by atoms with Gasteiger partial charge in [-0.3, -0.25) is 0 Å². The molecular weight excluding hydrogens is 278 g/mol. The monoisotopic (exact) mass is 293 g/mol. The Balaban J connectivity index is 2.41. The first-order valence-corrected chi connectivity index (χ1v) is 6.43. The van der Waals surface area contributed by atoms with Crippen LogP contribution in [-0.2, 0) is 6.42 Å². The summed E-state index contributed by atoms with van der Waals surface area (Å²) in [5.74, 6) is 0. The average Bonchev–Trinajstić information content (AvgIpc) is 2.61. The van der Waals surface area contributed by atoms with Crippen molar-refractivity contribution >= 4 is 15.9 Å². The molecule has 3 nitrogen and oxygen atoms in total. The molecular formula is C13H16BrN3. The molecule has 2 rings (SSSR count). The zero-order chi connectivity index (χ0) is 12.4. The van der Waals surface area contributed by atoms with Crippen LogP contribution in [-0.4, -0.2) is 16.3 Å². The number of benzene rings is 1. The molecule has 2 aromatic rings. The minimum atomic E-state index is 0.665. The Hall–Kier alpha value is -1.13. The summed E-state index contributed by atoms with van der Waals surface area (Å²) in [6, 6.07) is 8.34. The summed E-state index contributed by atoms with van der Waals surface area (Å²) in [6.07, 6.45) is 0.887. The van der Waals surface area contributed by atoms with Gasteiger partial charge in [0.25, 0.3) is 0 Å². The fourth-order valence-corrected chi connectivity index (χ4v) is 2.48. The van der Waals surface area contributed by atoms with Crippen molar-refractivity contribution in [1.29, 1.82) is 0 Å². The molecule has 0 unspecified atom stereocenters. The molecule has 0 saturated carbocycles. The van der Waals surface area contributed by atoms with Crippen LogP contribution in [0.5, 0.6) is 0 Å². The van der Waals surface area contributed by atoms with Gasteiger partial charge in [0, 0.05) is 10.2 Å². The third-order valence-corrected chi connectivity index (χ3v) is 3.44. The van der Waals surface area contributed by atoms with Crippen molar-refractivity contribution in [2.45, 2.75) is 20.3 Å². The van der Waals surface area contributed by atoms with Gasteiger partial charge in [0.05, 0.1) is 11.4 Å². The molecule has 0 spiro atoms. The summed E-state index contributed by atoms with van der Waals surface area (Å²) < 4.78 is 3.04. The Morgan fingerprint density at radius 2 is 2.06 bits per heavy atom. The third-order valence-electron chi connectivity index (χ3n) is 2.70. The smallest absolute Gasteiger partial charge is 0.0660 e. The van der Waals surface area contributed by atoms with Gasteiger partial charge in [-0.25, -0.2) is 4.68 Å². The topological polar surface area (TPSA) is 43.8 Å².